The smallest absolute Gasteiger partial charge is 0.277 e. The van der Waals surface area contributed by atoms with Crippen LogP contribution in [0.4, 0.5) is 0 Å². The highest BCUT2D eigenvalue weighted by molar-refractivity contribution is 6.30. The van der Waals surface area contributed by atoms with Gasteiger partial charge in [-0.05, 0) is 36.4 Å². The molecule has 1 aliphatic rings. The number of hydrogen-bond donors (Lipinski definition) is 1. The van der Waals surface area contributed by atoms with Crippen LogP contribution in [0, 0.1) is 0 Å². The van der Waals surface area contributed by atoms with E-state index in [4.69, 9.17) is 21.1 Å². The van der Waals surface area contributed by atoms with Crippen LogP contribution in [0.15, 0.2) is 53.6 Å². The zero-order valence-corrected chi connectivity index (χ0v) is 13.0. The molecule has 0 aliphatic carbocycles. The molecule has 1 amide bonds. The Kier molecular flexibility index (Phi) is 4.78. The topological polar surface area (TPSA) is 59.9 Å². The summed E-state index contributed by atoms with van der Waals surface area (Å²) < 4.78 is 10.9. The van der Waals surface area contributed by atoms with Gasteiger partial charge in [-0.15, -0.1) is 0 Å². The molecule has 2 aromatic carbocycles. The molecule has 0 aromatic heterocycles. The van der Waals surface area contributed by atoms with Gasteiger partial charge in [-0.1, -0.05) is 23.7 Å². The van der Waals surface area contributed by atoms with E-state index in [1.807, 2.05) is 24.3 Å². The number of halogens is 1. The summed E-state index contributed by atoms with van der Waals surface area (Å²) in [5, 5.41) is 4.80. The Morgan fingerprint density at radius 2 is 2.00 bits per heavy atom. The second-order valence-corrected chi connectivity index (χ2v) is 5.37. The number of nitrogens with one attached hydrogen (secondary N) is 1. The fourth-order valence-corrected chi connectivity index (χ4v) is 2.31. The van der Waals surface area contributed by atoms with E-state index in [9.17, 15) is 4.79 Å². The highest BCUT2D eigenvalue weighted by Gasteiger charge is 2.16. The van der Waals surface area contributed by atoms with Crippen molar-refractivity contribution in [2.45, 2.75) is 6.42 Å². The number of hydrogen-bond acceptors (Lipinski definition) is 4. The van der Waals surface area contributed by atoms with Gasteiger partial charge in [0, 0.05) is 17.0 Å². The lowest BCUT2D eigenvalue weighted by atomic mass is 10.0. The Morgan fingerprint density at radius 1 is 1.22 bits per heavy atom. The molecule has 1 N–H and O–H groups in total. The van der Waals surface area contributed by atoms with E-state index in [1.165, 1.54) is 0 Å². The van der Waals surface area contributed by atoms with Crippen LogP contribution in [0.5, 0.6) is 11.5 Å². The number of carbonyl (C=O) groups excluding carboxylic acids is 1. The largest absolute Gasteiger partial charge is 0.492 e. The van der Waals surface area contributed by atoms with Crippen molar-refractivity contribution in [2.75, 3.05) is 13.2 Å². The van der Waals surface area contributed by atoms with Crippen LogP contribution < -0.4 is 14.9 Å². The van der Waals surface area contributed by atoms with Gasteiger partial charge in [-0.2, -0.15) is 5.10 Å². The lowest BCUT2D eigenvalue weighted by molar-refractivity contribution is -0.123. The first-order valence-corrected chi connectivity index (χ1v) is 7.56. The van der Waals surface area contributed by atoms with Crippen molar-refractivity contribution in [2.24, 2.45) is 5.10 Å². The second kappa shape index (κ2) is 7.15. The van der Waals surface area contributed by atoms with E-state index in [0.29, 0.717) is 23.8 Å². The average molecular weight is 331 g/mol. The molecule has 0 atom stereocenters. The first kappa shape index (κ1) is 15.4. The summed E-state index contributed by atoms with van der Waals surface area (Å²) in [7, 11) is 0. The van der Waals surface area contributed by atoms with E-state index in [1.54, 1.807) is 24.3 Å². The van der Waals surface area contributed by atoms with E-state index >= 15 is 0 Å². The van der Waals surface area contributed by atoms with Gasteiger partial charge in [0.1, 0.15) is 11.5 Å². The van der Waals surface area contributed by atoms with E-state index < -0.39 is 0 Å². The number of para-hydroxylation sites is 1. The van der Waals surface area contributed by atoms with E-state index in [0.717, 1.165) is 17.0 Å². The quantitative estimate of drug-likeness (QED) is 0.877. The maximum Gasteiger partial charge on any atom is 0.277 e. The second-order valence-electron chi connectivity index (χ2n) is 4.93. The molecule has 0 saturated heterocycles. The molecule has 1 aliphatic heterocycles. The fourth-order valence-electron chi connectivity index (χ4n) is 2.18. The van der Waals surface area contributed by atoms with Crippen LogP contribution in [-0.4, -0.2) is 24.8 Å². The number of amides is 1. The first-order chi connectivity index (χ1) is 11.2. The lowest BCUT2D eigenvalue weighted by Crippen LogP contribution is -2.27. The molecule has 0 bridgehead atoms. The van der Waals surface area contributed by atoms with Gasteiger partial charge in [-0.3, -0.25) is 4.79 Å². The number of rotatable bonds is 4. The average Bonchev–Trinajstić information content (AvgIpc) is 2.59. The van der Waals surface area contributed by atoms with Gasteiger partial charge in [0.2, 0.25) is 0 Å². The van der Waals surface area contributed by atoms with Crippen LogP contribution in [0.2, 0.25) is 5.02 Å². The Balaban J connectivity index is 1.57. The number of hydrazone groups is 1. The molecule has 0 unspecified atom stereocenters. The SMILES string of the molecule is O=C(COc1ccc(Cl)cc1)N/N=C1\CCOc2ccccc21. The van der Waals surface area contributed by atoms with Crippen LogP contribution in [-0.2, 0) is 4.79 Å². The third kappa shape index (κ3) is 4.02. The Morgan fingerprint density at radius 3 is 2.83 bits per heavy atom. The standard InChI is InChI=1S/C17H15ClN2O3/c18-12-5-7-13(8-6-12)23-11-17(21)20-19-15-9-10-22-16-4-2-1-3-14(15)16/h1-8H,9-11H2,(H,20,21)/b19-15+. The summed E-state index contributed by atoms with van der Waals surface area (Å²) in [6, 6.07) is 14.4. The molecule has 0 saturated carbocycles. The highest BCUT2D eigenvalue weighted by Crippen LogP contribution is 2.24. The van der Waals surface area contributed by atoms with Crippen LogP contribution >= 0.6 is 11.6 Å². The van der Waals surface area contributed by atoms with Crippen molar-refractivity contribution in [3.05, 3.63) is 59.1 Å². The van der Waals surface area contributed by atoms with Gasteiger partial charge >= 0.3 is 0 Å². The fraction of sp³-hybridized carbons (Fsp3) is 0.176. The van der Waals surface area contributed by atoms with Crippen molar-refractivity contribution in [1.29, 1.82) is 0 Å². The molecule has 6 heteroatoms. The summed E-state index contributed by atoms with van der Waals surface area (Å²) in [6.45, 7) is 0.434. The number of nitrogens with zero attached hydrogens (tertiary/aromatic N) is 1. The van der Waals surface area contributed by atoms with Crippen molar-refractivity contribution in [3.8, 4) is 11.5 Å². The highest BCUT2D eigenvalue weighted by atomic mass is 35.5. The van der Waals surface area contributed by atoms with Gasteiger partial charge in [0.05, 0.1) is 12.3 Å². The summed E-state index contributed by atoms with van der Waals surface area (Å²) in [4.78, 5) is 11.8. The van der Waals surface area contributed by atoms with Crippen molar-refractivity contribution < 1.29 is 14.3 Å². The molecule has 3 rings (SSSR count). The molecule has 5 nitrogen and oxygen atoms in total. The van der Waals surface area contributed by atoms with Crippen LogP contribution in [0.25, 0.3) is 0 Å². The van der Waals surface area contributed by atoms with Crippen molar-refractivity contribution in [1.82, 2.24) is 5.43 Å². The first-order valence-electron chi connectivity index (χ1n) is 7.18. The maximum absolute atomic E-state index is 11.8. The third-order valence-corrected chi connectivity index (χ3v) is 3.55. The summed E-state index contributed by atoms with van der Waals surface area (Å²) in [5.41, 5.74) is 4.22. The minimum absolute atomic E-state index is 0.115. The summed E-state index contributed by atoms with van der Waals surface area (Å²) in [5.74, 6) is 1.04. The van der Waals surface area contributed by atoms with Crippen LogP contribution in [0.1, 0.15) is 12.0 Å². The van der Waals surface area contributed by atoms with Gasteiger partial charge in [0.25, 0.3) is 5.91 Å². The number of fused-ring (bicyclic) bond motifs is 1. The van der Waals surface area contributed by atoms with Gasteiger partial charge < -0.3 is 9.47 Å². The number of carbonyl (C=O) groups is 1. The van der Waals surface area contributed by atoms with Crippen LogP contribution in [0.3, 0.4) is 0 Å². The molecule has 0 spiro atoms. The molecule has 0 radical (unpaired) electrons. The molecule has 0 fully saturated rings. The van der Waals surface area contributed by atoms with E-state index in [2.05, 4.69) is 10.5 Å². The minimum Gasteiger partial charge on any atom is -0.492 e. The zero-order valence-electron chi connectivity index (χ0n) is 12.3. The molecule has 2 aromatic rings. The van der Waals surface area contributed by atoms with E-state index in [-0.39, 0.29) is 12.5 Å². The predicted octanol–water partition coefficient (Wildman–Crippen LogP) is 3.02. The van der Waals surface area contributed by atoms with Gasteiger partial charge in [-0.25, -0.2) is 5.43 Å². The number of benzene rings is 2. The third-order valence-electron chi connectivity index (χ3n) is 3.29. The Bertz CT molecular complexity index is 729. The monoisotopic (exact) mass is 330 g/mol. The summed E-state index contributed by atoms with van der Waals surface area (Å²) in [6.07, 6.45) is 0.648. The maximum atomic E-state index is 11.8. The van der Waals surface area contributed by atoms with Crippen molar-refractivity contribution in [3.63, 3.8) is 0 Å². The molecule has 118 valence electrons. The molecule has 1 heterocycles. The Labute approximate surface area is 138 Å². The molecule has 23 heavy (non-hydrogen) atoms. The van der Waals surface area contributed by atoms with Gasteiger partial charge in [0.15, 0.2) is 6.61 Å². The summed E-state index contributed by atoms with van der Waals surface area (Å²) >= 11 is 5.79. The number of ether oxygens (including phenoxy) is 2. The Hall–Kier alpha value is -2.53. The normalized spacial score (nSPS) is 14.7. The molecular weight excluding hydrogens is 316 g/mol. The van der Waals surface area contributed by atoms with Crippen molar-refractivity contribution >= 4 is 23.2 Å². The zero-order chi connectivity index (χ0) is 16.1. The predicted molar refractivity (Wildman–Crippen MR) is 88.2 cm³/mol. The minimum atomic E-state index is -0.323. The lowest BCUT2D eigenvalue weighted by Gasteiger charge is -2.18. The molecular formula is C17H15ClN2O3.